The molecule has 0 saturated carbocycles. The Labute approximate surface area is 123 Å². The number of ether oxygens (including phenoxy) is 1. The minimum atomic E-state index is -0.338. The molecule has 0 amide bonds. The summed E-state index contributed by atoms with van der Waals surface area (Å²) in [6.45, 7) is 4.06. The molecule has 0 aromatic heterocycles. The van der Waals surface area contributed by atoms with E-state index in [-0.39, 0.29) is 5.97 Å². The van der Waals surface area contributed by atoms with Crippen LogP contribution in [0.15, 0.2) is 52.7 Å². The van der Waals surface area contributed by atoms with Crippen molar-refractivity contribution >= 4 is 23.0 Å². The zero-order chi connectivity index (χ0) is 15.2. The minimum absolute atomic E-state index is 0.338. The van der Waals surface area contributed by atoms with E-state index in [1.54, 1.807) is 37.3 Å². The number of nitrogen functional groups attached to an aromatic ring is 1. The lowest BCUT2D eigenvalue weighted by Crippen LogP contribution is -2.03. The SMILES string of the molecule is CCOC(=O)c1ccc(N=Nc2ccc(N)cc2C)cc1. The summed E-state index contributed by atoms with van der Waals surface area (Å²) >= 11 is 0. The average Bonchev–Trinajstić information content (AvgIpc) is 2.47. The van der Waals surface area contributed by atoms with Gasteiger partial charge in [0.1, 0.15) is 0 Å². The highest BCUT2D eigenvalue weighted by atomic mass is 16.5. The highest BCUT2D eigenvalue weighted by molar-refractivity contribution is 5.89. The van der Waals surface area contributed by atoms with Crippen molar-refractivity contribution in [1.29, 1.82) is 0 Å². The summed E-state index contributed by atoms with van der Waals surface area (Å²) < 4.78 is 4.92. The van der Waals surface area contributed by atoms with Crippen LogP contribution in [0.25, 0.3) is 0 Å². The highest BCUT2D eigenvalue weighted by Crippen LogP contribution is 2.23. The van der Waals surface area contributed by atoms with Gasteiger partial charge in [0.2, 0.25) is 0 Å². The summed E-state index contributed by atoms with van der Waals surface area (Å²) in [6, 6.07) is 12.2. The topological polar surface area (TPSA) is 77.0 Å². The normalized spacial score (nSPS) is 10.8. The van der Waals surface area contributed by atoms with E-state index in [0.717, 1.165) is 11.3 Å². The fourth-order valence-electron chi connectivity index (χ4n) is 1.78. The van der Waals surface area contributed by atoms with Gasteiger partial charge in [-0.1, -0.05) is 0 Å². The number of rotatable bonds is 4. The largest absolute Gasteiger partial charge is 0.462 e. The number of carbonyl (C=O) groups is 1. The molecular weight excluding hydrogens is 266 g/mol. The van der Waals surface area contributed by atoms with Crippen LogP contribution in [0, 0.1) is 6.92 Å². The highest BCUT2D eigenvalue weighted by Gasteiger charge is 2.05. The lowest BCUT2D eigenvalue weighted by molar-refractivity contribution is 0.0526. The van der Waals surface area contributed by atoms with Crippen LogP contribution in [0.1, 0.15) is 22.8 Å². The van der Waals surface area contributed by atoms with E-state index < -0.39 is 0 Å². The van der Waals surface area contributed by atoms with E-state index in [4.69, 9.17) is 10.5 Å². The molecule has 0 unspecified atom stereocenters. The van der Waals surface area contributed by atoms with Gasteiger partial charge < -0.3 is 10.5 Å². The van der Waals surface area contributed by atoms with Gasteiger partial charge in [-0.3, -0.25) is 0 Å². The van der Waals surface area contributed by atoms with Crippen LogP contribution in [0.5, 0.6) is 0 Å². The zero-order valence-electron chi connectivity index (χ0n) is 12.0. The quantitative estimate of drug-likeness (QED) is 0.519. The fourth-order valence-corrected chi connectivity index (χ4v) is 1.78. The van der Waals surface area contributed by atoms with Crippen LogP contribution in [-0.2, 0) is 4.74 Å². The Morgan fingerprint density at radius 1 is 1.14 bits per heavy atom. The molecule has 5 nitrogen and oxygen atoms in total. The number of hydrogen-bond donors (Lipinski definition) is 1. The van der Waals surface area contributed by atoms with Gasteiger partial charge in [0, 0.05) is 5.69 Å². The van der Waals surface area contributed by atoms with Gasteiger partial charge in [-0.25, -0.2) is 4.79 Å². The molecule has 2 aromatic rings. The summed E-state index contributed by atoms with van der Waals surface area (Å²) in [4.78, 5) is 11.5. The molecular formula is C16H17N3O2. The summed E-state index contributed by atoms with van der Waals surface area (Å²) in [5.74, 6) is -0.338. The standard InChI is InChI=1S/C16H17N3O2/c1-3-21-16(20)12-4-7-14(8-5-12)18-19-15-9-6-13(17)10-11(15)2/h4-10H,3,17H2,1-2H3. The molecule has 0 bridgehead atoms. The first-order valence-corrected chi connectivity index (χ1v) is 6.65. The van der Waals surface area contributed by atoms with E-state index in [2.05, 4.69) is 10.2 Å². The Morgan fingerprint density at radius 3 is 2.48 bits per heavy atom. The summed E-state index contributed by atoms with van der Waals surface area (Å²) in [7, 11) is 0. The van der Waals surface area contributed by atoms with Crippen LogP contribution >= 0.6 is 0 Å². The second kappa shape index (κ2) is 6.65. The minimum Gasteiger partial charge on any atom is -0.462 e. The van der Waals surface area contributed by atoms with E-state index in [9.17, 15) is 4.79 Å². The number of azo groups is 1. The fraction of sp³-hybridized carbons (Fsp3) is 0.188. The molecule has 5 heteroatoms. The second-order valence-corrected chi connectivity index (χ2v) is 4.51. The Balaban J connectivity index is 2.12. The van der Waals surface area contributed by atoms with E-state index in [1.165, 1.54) is 0 Å². The number of aryl methyl sites for hydroxylation is 1. The number of anilines is 1. The zero-order valence-corrected chi connectivity index (χ0v) is 12.0. The van der Waals surface area contributed by atoms with Gasteiger partial charge in [0.25, 0.3) is 0 Å². The molecule has 0 aliphatic heterocycles. The number of nitrogens with zero attached hydrogens (tertiary/aromatic N) is 2. The van der Waals surface area contributed by atoms with Crippen LogP contribution in [0.3, 0.4) is 0 Å². The van der Waals surface area contributed by atoms with E-state index in [0.29, 0.717) is 23.5 Å². The van der Waals surface area contributed by atoms with Crippen molar-refractivity contribution in [1.82, 2.24) is 0 Å². The molecule has 0 aliphatic rings. The number of hydrogen-bond acceptors (Lipinski definition) is 5. The maximum absolute atomic E-state index is 11.5. The molecule has 0 heterocycles. The van der Waals surface area contributed by atoms with E-state index in [1.807, 2.05) is 19.1 Å². The smallest absolute Gasteiger partial charge is 0.338 e. The maximum atomic E-state index is 11.5. The van der Waals surface area contributed by atoms with Crippen molar-refractivity contribution in [3.05, 3.63) is 53.6 Å². The molecule has 2 rings (SSSR count). The summed E-state index contributed by atoms with van der Waals surface area (Å²) in [6.07, 6.45) is 0. The van der Waals surface area contributed by atoms with Crippen LogP contribution in [0.4, 0.5) is 17.1 Å². The molecule has 0 radical (unpaired) electrons. The number of esters is 1. The number of carbonyl (C=O) groups excluding carboxylic acids is 1. The third kappa shape index (κ3) is 3.89. The second-order valence-electron chi connectivity index (χ2n) is 4.51. The number of benzene rings is 2. The molecule has 21 heavy (non-hydrogen) atoms. The summed E-state index contributed by atoms with van der Waals surface area (Å²) in [5, 5.41) is 8.33. The van der Waals surface area contributed by atoms with Crippen molar-refractivity contribution in [2.24, 2.45) is 10.2 Å². The first kappa shape index (κ1) is 14.7. The lowest BCUT2D eigenvalue weighted by atomic mass is 10.2. The van der Waals surface area contributed by atoms with Crippen molar-refractivity contribution in [2.75, 3.05) is 12.3 Å². The average molecular weight is 283 g/mol. The third-order valence-electron chi connectivity index (χ3n) is 2.87. The molecule has 0 spiro atoms. The molecule has 0 saturated heterocycles. The van der Waals surface area contributed by atoms with Gasteiger partial charge in [0.05, 0.1) is 23.5 Å². The van der Waals surface area contributed by atoms with Gasteiger partial charge in [-0.2, -0.15) is 10.2 Å². The first-order chi connectivity index (χ1) is 10.1. The van der Waals surface area contributed by atoms with Crippen molar-refractivity contribution < 1.29 is 9.53 Å². The monoisotopic (exact) mass is 283 g/mol. The number of nitrogens with two attached hydrogens (primary N) is 1. The molecule has 2 N–H and O–H groups in total. The van der Waals surface area contributed by atoms with Crippen molar-refractivity contribution in [2.45, 2.75) is 13.8 Å². The Bertz CT molecular complexity index is 664. The van der Waals surface area contributed by atoms with Gasteiger partial charge in [-0.05, 0) is 61.9 Å². The summed E-state index contributed by atoms with van der Waals surface area (Å²) in [5.41, 5.74) is 9.28. The maximum Gasteiger partial charge on any atom is 0.338 e. The molecule has 2 aromatic carbocycles. The molecule has 0 atom stereocenters. The predicted molar refractivity (Wildman–Crippen MR) is 82.2 cm³/mol. The van der Waals surface area contributed by atoms with Crippen LogP contribution in [0.2, 0.25) is 0 Å². The first-order valence-electron chi connectivity index (χ1n) is 6.65. The Hall–Kier alpha value is -2.69. The molecule has 108 valence electrons. The van der Waals surface area contributed by atoms with Crippen molar-refractivity contribution in [3.8, 4) is 0 Å². The Kier molecular flexibility index (Phi) is 4.66. The predicted octanol–water partition coefficient (Wildman–Crippen LogP) is 4.17. The Morgan fingerprint density at radius 2 is 1.86 bits per heavy atom. The van der Waals surface area contributed by atoms with E-state index >= 15 is 0 Å². The molecule has 0 fully saturated rings. The van der Waals surface area contributed by atoms with Gasteiger partial charge in [-0.15, -0.1) is 0 Å². The lowest BCUT2D eigenvalue weighted by Gasteiger charge is -2.02. The molecule has 0 aliphatic carbocycles. The van der Waals surface area contributed by atoms with Gasteiger partial charge >= 0.3 is 5.97 Å². The van der Waals surface area contributed by atoms with Gasteiger partial charge in [0.15, 0.2) is 0 Å². The van der Waals surface area contributed by atoms with Crippen LogP contribution < -0.4 is 5.73 Å². The van der Waals surface area contributed by atoms with Crippen molar-refractivity contribution in [3.63, 3.8) is 0 Å². The third-order valence-corrected chi connectivity index (χ3v) is 2.87. The van der Waals surface area contributed by atoms with Crippen LogP contribution in [-0.4, -0.2) is 12.6 Å².